The molecule has 0 aliphatic heterocycles. The SMILES string of the molecule is CCN(CCc1nn(-c2ccncc2)c2ccc3cc(Cl)ccc3c12)C(=O)O.Cl. The van der Waals surface area contributed by atoms with Crippen LogP contribution in [0.3, 0.4) is 0 Å². The first-order chi connectivity index (χ1) is 13.6. The van der Waals surface area contributed by atoms with Gasteiger partial charge >= 0.3 is 6.09 Å². The number of nitrogens with zero attached hydrogens (tertiary/aromatic N) is 4. The number of hydrogen-bond donors (Lipinski definition) is 1. The van der Waals surface area contributed by atoms with E-state index in [-0.39, 0.29) is 12.4 Å². The van der Waals surface area contributed by atoms with Gasteiger partial charge in [0.1, 0.15) is 0 Å². The Morgan fingerprint density at radius 1 is 1.17 bits per heavy atom. The molecule has 4 rings (SSSR count). The maximum absolute atomic E-state index is 11.4. The van der Waals surface area contributed by atoms with Crippen molar-refractivity contribution in [2.45, 2.75) is 13.3 Å². The van der Waals surface area contributed by atoms with Crippen molar-refractivity contribution in [3.8, 4) is 5.69 Å². The lowest BCUT2D eigenvalue weighted by molar-refractivity contribution is 0.148. The Kier molecular flexibility index (Phi) is 6.25. The lowest BCUT2D eigenvalue weighted by Gasteiger charge is -2.15. The molecule has 0 atom stereocenters. The summed E-state index contributed by atoms with van der Waals surface area (Å²) in [7, 11) is 0. The Bertz CT molecular complexity index is 1160. The molecule has 0 unspecified atom stereocenters. The number of pyridine rings is 1. The molecule has 0 spiro atoms. The van der Waals surface area contributed by atoms with Crippen LogP contribution in [0, 0.1) is 0 Å². The second-order valence-electron chi connectivity index (χ2n) is 6.50. The topological polar surface area (TPSA) is 71.2 Å². The van der Waals surface area contributed by atoms with E-state index in [2.05, 4.69) is 4.98 Å². The molecule has 0 fully saturated rings. The summed E-state index contributed by atoms with van der Waals surface area (Å²) in [6, 6.07) is 13.7. The minimum absolute atomic E-state index is 0. The molecule has 0 saturated heterocycles. The lowest BCUT2D eigenvalue weighted by atomic mass is 10.0. The molecule has 2 heterocycles. The Morgan fingerprint density at radius 2 is 1.93 bits per heavy atom. The van der Waals surface area contributed by atoms with Crippen molar-refractivity contribution in [3.05, 3.63) is 65.6 Å². The highest BCUT2D eigenvalue weighted by atomic mass is 35.5. The Hall–Kier alpha value is -2.83. The summed E-state index contributed by atoms with van der Waals surface area (Å²) < 4.78 is 1.89. The van der Waals surface area contributed by atoms with Crippen molar-refractivity contribution in [3.63, 3.8) is 0 Å². The van der Waals surface area contributed by atoms with Crippen LogP contribution in [0.2, 0.25) is 5.02 Å². The molecule has 0 radical (unpaired) electrons. The summed E-state index contributed by atoms with van der Waals surface area (Å²) in [5.41, 5.74) is 2.74. The van der Waals surface area contributed by atoms with E-state index in [1.807, 2.05) is 54.1 Å². The van der Waals surface area contributed by atoms with E-state index >= 15 is 0 Å². The van der Waals surface area contributed by atoms with E-state index in [1.165, 1.54) is 4.90 Å². The van der Waals surface area contributed by atoms with E-state index in [9.17, 15) is 9.90 Å². The monoisotopic (exact) mass is 430 g/mol. The van der Waals surface area contributed by atoms with Crippen molar-refractivity contribution in [1.29, 1.82) is 0 Å². The van der Waals surface area contributed by atoms with Gasteiger partial charge in [0, 0.05) is 42.3 Å². The minimum atomic E-state index is -0.919. The van der Waals surface area contributed by atoms with Gasteiger partial charge in [-0.1, -0.05) is 23.7 Å². The number of rotatable bonds is 5. The Balaban J connectivity index is 0.00000240. The Morgan fingerprint density at radius 3 is 2.62 bits per heavy atom. The van der Waals surface area contributed by atoms with Crippen LogP contribution < -0.4 is 0 Å². The van der Waals surface area contributed by atoms with Gasteiger partial charge in [0.25, 0.3) is 0 Å². The van der Waals surface area contributed by atoms with Crippen molar-refractivity contribution in [2.75, 3.05) is 13.1 Å². The molecular weight excluding hydrogens is 411 g/mol. The normalized spacial score (nSPS) is 10.8. The van der Waals surface area contributed by atoms with Crippen molar-refractivity contribution < 1.29 is 9.90 Å². The molecule has 2 aromatic carbocycles. The molecule has 0 bridgehead atoms. The van der Waals surface area contributed by atoms with E-state index in [1.54, 1.807) is 12.4 Å². The van der Waals surface area contributed by atoms with Crippen LogP contribution in [0.15, 0.2) is 54.9 Å². The molecule has 2 aromatic heterocycles. The van der Waals surface area contributed by atoms with Crippen LogP contribution in [-0.2, 0) is 6.42 Å². The zero-order chi connectivity index (χ0) is 19.7. The number of carboxylic acid groups (broad SMARTS) is 1. The maximum atomic E-state index is 11.4. The highest BCUT2D eigenvalue weighted by molar-refractivity contribution is 6.31. The lowest BCUT2D eigenvalue weighted by Crippen LogP contribution is -2.31. The first-order valence-electron chi connectivity index (χ1n) is 9.06. The van der Waals surface area contributed by atoms with Gasteiger partial charge in [-0.25, -0.2) is 9.48 Å². The zero-order valence-corrected chi connectivity index (χ0v) is 17.3. The van der Waals surface area contributed by atoms with Gasteiger partial charge < -0.3 is 10.0 Å². The van der Waals surface area contributed by atoms with Crippen LogP contribution in [-0.4, -0.2) is 44.0 Å². The van der Waals surface area contributed by atoms with Crippen LogP contribution >= 0.6 is 24.0 Å². The summed E-state index contributed by atoms with van der Waals surface area (Å²) in [6.45, 7) is 2.66. The molecule has 8 heteroatoms. The maximum Gasteiger partial charge on any atom is 0.407 e. The predicted octanol–water partition coefficient (Wildman–Crippen LogP) is 5.19. The predicted molar refractivity (Wildman–Crippen MR) is 118 cm³/mol. The van der Waals surface area contributed by atoms with Gasteiger partial charge in [0.15, 0.2) is 0 Å². The standard InChI is InChI=1S/C21H19ClN4O2.ClH/c1-2-25(21(27)28)12-9-18-20-17-5-4-15(22)13-14(17)3-6-19(20)26(24-18)16-7-10-23-11-8-16;/h3-8,10-11,13H,2,9,12H2,1H3,(H,27,28);1H. The molecule has 1 amide bonds. The third-order valence-corrected chi connectivity index (χ3v) is 5.11. The first-order valence-corrected chi connectivity index (χ1v) is 9.44. The number of likely N-dealkylation sites (N-methyl/N-ethyl adjacent to an activating group) is 1. The first kappa shape index (κ1) is 20.9. The van der Waals surface area contributed by atoms with Gasteiger partial charge in [-0.3, -0.25) is 4.98 Å². The molecule has 29 heavy (non-hydrogen) atoms. The summed E-state index contributed by atoms with van der Waals surface area (Å²) in [5.74, 6) is 0. The zero-order valence-electron chi connectivity index (χ0n) is 15.7. The third kappa shape index (κ3) is 3.99. The van der Waals surface area contributed by atoms with E-state index < -0.39 is 6.09 Å². The van der Waals surface area contributed by atoms with Gasteiger partial charge in [-0.05, 0) is 48.0 Å². The van der Waals surface area contributed by atoms with Crippen LogP contribution in [0.25, 0.3) is 27.4 Å². The van der Waals surface area contributed by atoms with E-state index in [0.717, 1.165) is 33.1 Å². The fraction of sp³-hybridized carbons (Fsp3) is 0.190. The fourth-order valence-electron chi connectivity index (χ4n) is 3.48. The van der Waals surface area contributed by atoms with Gasteiger partial charge in [-0.15, -0.1) is 12.4 Å². The summed E-state index contributed by atoms with van der Waals surface area (Å²) >= 11 is 6.17. The van der Waals surface area contributed by atoms with E-state index in [4.69, 9.17) is 16.7 Å². The number of hydrogen-bond acceptors (Lipinski definition) is 3. The van der Waals surface area contributed by atoms with Crippen molar-refractivity contribution in [2.24, 2.45) is 0 Å². The second-order valence-corrected chi connectivity index (χ2v) is 6.94. The number of fused-ring (bicyclic) bond motifs is 3. The molecule has 6 nitrogen and oxygen atoms in total. The summed E-state index contributed by atoms with van der Waals surface area (Å²) in [6.07, 6.45) is 3.06. The number of benzene rings is 2. The molecule has 150 valence electrons. The van der Waals surface area contributed by atoms with Crippen LogP contribution in [0.4, 0.5) is 4.79 Å². The highest BCUT2D eigenvalue weighted by Crippen LogP contribution is 2.31. The van der Waals surface area contributed by atoms with Crippen molar-refractivity contribution in [1.82, 2.24) is 19.7 Å². The largest absolute Gasteiger partial charge is 0.465 e. The molecular formula is C21H20Cl2N4O2. The number of amides is 1. The summed E-state index contributed by atoms with van der Waals surface area (Å²) in [5, 5.41) is 17.9. The quantitative estimate of drug-likeness (QED) is 0.472. The minimum Gasteiger partial charge on any atom is -0.465 e. The van der Waals surface area contributed by atoms with Crippen LogP contribution in [0.5, 0.6) is 0 Å². The van der Waals surface area contributed by atoms with Gasteiger partial charge in [-0.2, -0.15) is 5.10 Å². The number of halogens is 2. The molecule has 1 N–H and O–H groups in total. The number of aromatic nitrogens is 3. The third-order valence-electron chi connectivity index (χ3n) is 4.88. The van der Waals surface area contributed by atoms with Gasteiger partial charge in [0.2, 0.25) is 0 Å². The summed E-state index contributed by atoms with van der Waals surface area (Å²) in [4.78, 5) is 16.8. The molecule has 0 saturated carbocycles. The average molecular weight is 431 g/mol. The Labute approximate surface area is 179 Å². The highest BCUT2D eigenvalue weighted by Gasteiger charge is 2.17. The second kappa shape index (κ2) is 8.68. The van der Waals surface area contributed by atoms with Gasteiger partial charge in [0.05, 0.1) is 16.9 Å². The van der Waals surface area contributed by atoms with Crippen molar-refractivity contribution >= 4 is 51.8 Å². The molecule has 0 aliphatic rings. The molecule has 0 aliphatic carbocycles. The smallest absolute Gasteiger partial charge is 0.407 e. The fourth-order valence-corrected chi connectivity index (χ4v) is 3.66. The average Bonchev–Trinajstić information content (AvgIpc) is 3.07. The number of carbonyl (C=O) groups is 1. The molecule has 4 aromatic rings. The van der Waals surface area contributed by atoms with E-state index in [0.29, 0.717) is 24.5 Å². The van der Waals surface area contributed by atoms with Crippen LogP contribution in [0.1, 0.15) is 12.6 Å².